The van der Waals surface area contributed by atoms with Gasteiger partial charge in [0.15, 0.2) is 5.16 Å². The second-order valence-electron chi connectivity index (χ2n) is 7.97. The summed E-state index contributed by atoms with van der Waals surface area (Å²) in [5.74, 6) is 0.835. The summed E-state index contributed by atoms with van der Waals surface area (Å²) < 4.78 is 30.3. The van der Waals surface area contributed by atoms with Crippen LogP contribution in [0.1, 0.15) is 36.7 Å². The standard InChI is InChI=1S/C24H18F2N4OS2/c25-23(26)30-18-9-5-4-8-17(18)27-19(30)13-33-24-28-21-20(16(12-32-21)14-10-11-14)22(31)29(24)15-6-2-1-3-7-15/h1-9,12,14,23H,10-11,13H2. The van der Waals surface area contributed by atoms with Gasteiger partial charge in [0.1, 0.15) is 10.7 Å². The molecule has 1 fully saturated rings. The second kappa shape index (κ2) is 8.07. The summed E-state index contributed by atoms with van der Waals surface area (Å²) in [5, 5.41) is 3.18. The number of alkyl halides is 2. The molecule has 33 heavy (non-hydrogen) atoms. The zero-order valence-corrected chi connectivity index (χ0v) is 19.0. The lowest BCUT2D eigenvalue weighted by Gasteiger charge is -2.13. The van der Waals surface area contributed by atoms with Gasteiger partial charge < -0.3 is 0 Å². The summed E-state index contributed by atoms with van der Waals surface area (Å²) in [5.41, 5.74) is 2.58. The molecule has 6 rings (SSSR count). The van der Waals surface area contributed by atoms with Crippen LogP contribution in [0.4, 0.5) is 8.78 Å². The number of thiophene rings is 1. The molecule has 0 N–H and O–H groups in total. The van der Waals surface area contributed by atoms with E-state index >= 15 is 0 Å². The van der Waals surface area contributed by atoms with Gasteiger partial charge in [0, 0.05) is 0 Å². The molecule has 3 heterocycles. The molecule has 0 amide bonds. The van der Waals surface area contributed by atoms with Crippen molar-refractivity contribution in [3.8, 4) is 5.69 Å². The van der Waals surface area contributed by atoms with Crippen molar-refractivity contribution in [2.75, 3.05) is 0 Å². The highest BCUT2D eigenvalue weighted by atomic mass is 32.2. The number of imidazole rings is 1. The van der Waals surface area contributed by atoms with Crippen molar-refractivity contribution < 1.29 is 8.78 Å². The molecule has 1 saturated carbocycles. The zero-order valence-electron chi connectivity index (χ0n) is 17.3. The number of hydrogen-bond donors (Lipinski definition) is 0. The molecule has 2 aromatic carbocycles. The average Bonchev–Trinajstić information content (AvgIpc) is 3.46. The Kier molecular flexibility index (Phi) is 5.03. The Morgan fingerprint density at radius 3 is 2.58 bits per heavy atom. The van der Waals surface area contributed by atoms with Gasteiger partial charge in [-0.2, -0.15) is 8.78 Å². The summed E-state index contributed by atoms with van der Waals surface area (Å²) in [6, 6.07) is 16.2. The number of aromatic nitrogens is 4. The third-order valence-corrected chi connectivity index (χ3v) is 7.66. The molecule has 3 aromatic heterocycles. The molecule has 166 valence electrons. The van der Waals surface area contributed by atoms with Gasteiger partial charge in [-0.25, -0.2) is 9.97 Å². The summed E-state index contributed by atoms with van der Waals surface area (Å²) in [6.07, 6.45) is 2.19. The minimum absolute atomic E-state index is 0.112. The summed E-state index contributed by atoms with van der Waals surface area (Å²) in [4.78, 5) is 23.6. The molecule has 0 spiro atoms. The van der Waals surface area contributed by atoms with Crippen LogP contribution in [0.2, 0.25) is 0 Å². The third kappa shape index (κ3) is 3.55. The molecular weight excluding hydrogens is 462 g/mol. The van der Waals surface area contributed by atoms with Gasteiger partial charge >= 0.3 is 6.55 Å². The molecule has 0 atom stereocenters. The molecule has 1 aliphatic rings. The molecule has 1 aliphatic carbocycles. The van der Waals surface area contributed by atoms with Crippen LogP contribution in [-0.4, -0.2) is 19.1 Å². The van der Waals surface area contributed by atoms with Crippen molar-refractivity contribution in [1.29, 1.82) is 0 Å². The van der Waals surface area contributed by atoms with Crippen molar-refractivity contribution in [2.45, 2.75) is 36.2 Å². The summed E-state index contributed by atoms with van der Waals surface area (Å²) >= 11 is 2.72. The molecule has 0 saturated heterocycles. The number of nitrogens with zero attached hydrogens (tertiary/aromatic N) is 4. The van der Waals surface area contributed by atoms with Gasteiger partial charge in [-0.3, -0.25) is 13.9 Å². The Balaban J connectivity index is 1.47. The van der Waals surface area contributed by atoms with E-state index in [1.165, 1.54) is 23.1 Å². The number of hydrogen-bond acceptors (Lipinski definition) is 5. The third-order valence-electron chi connectivity index (χ3n) is 5.83. The number of thioether (sulfide) groups is 1. The van der Waals surface area contributed by atoms with Crippen LogP contribution in [0, 0.1) is 0 Å². The maximum atomic E-state index is 13.9. The van der Waals surface area contributed by atoms with Gasteiger partial charge in [-0.15, -0.1) is 11.3 Å². The molecule has 0 unspecified atom stereocenters. The maximum absolute atomic E-state index is 13.9. The van der Waals surface area contributed by atoms with Crippen molar-refractivity contribution in [3.05, 3.63) is 81.7 Å². The first-order valence-electron chi connectivity index (χ1n) is 10.6. The predicted octanol–water partition coefficient (Wildman–Crippen LogP) is 6.36. The smallest absolute Gasteiger partial charge is 0.269 e. The van der Waals surface area contributed by atoms with Gasteiger partial charge in [0.05, 0.1) is 27.9 Å². The number of fused-ring (bicyclic) bond motifs is 2. The fourth-order valence-corrected chi connectivity index (χ4v) is 6.14. The lowest BCUT2D eigenvalue weighted by molar-refractivity contribution is 0.0722. The number of halogens is 2. The van der Waals surface area contributed by atoms with Crippen LogP contribution < -0.4 is 5.56 Å². The van der Waals surface area contributed by atoms with Gasteiger partial charge in [-0.1, -0.05) is 42.1 Å². The van der Waals surface area contributed by atoms with E-state index < -0.39 is 6.55 Å². The van der Waals surface area contributed by atoms with Crippen molar-refractivity contribution in [3.63, 3.8) is 0 Å². The zero-order chi connectivity index (χ0) is 22.5. The van der Waals surface area contributed by atoms with E-state index in [-0.39, 0.29) is 17.1 Å². The van der Waals surface area contributed by atoms with E-state index in [1.807, 2.05) is 35.7 Å². The Morgan fingerprint density at radius 2 is 1.82 bits per heavy atom. The topological polar surface area (TPSA) is 52.7 Å². The Labute approximate surface area is 195 Å². The molecule has 5 nitrogen and oxygen atoms in total. The monoisotopic (exact) mass is 480 g/mol. The lowest BCUT2D eigenvalue weighted by atomic mass is 10.1. The molecule has 9 heteroatoms. The van der Waals surface area contributed by atoms with Crippen LogP contribution in [-0.2, 0) is 5.75 Å². The highest BCUT2D eigenvalue weighted by Crippen LogP contribution is 2.44. The van der Waals surface area contributed by atoms with E-state index in [0.717, 1.165) is 23.0 Å². The van der Waals surface area contributed by atoms with Gasteiger partial charge in [0.25, 0.3) is 5.56 Å². The molecule has 0 aliphatic heterocycles. The minimum Gasteiger partial charge on any atom is -0.269 e. The first-order valence-corrected chi connectivity index (χ1v) is 12.4. The van der Waals surface area contributed by atoms with Crippen molar-refractivity contribution in [1.82, 2.24) is 19.1 Å². The highest BCUT2D eigenvalue weighted by molar-refractivity contribution is 7.98. The average molecular weight is 481 g/mol. The molecule has 0 bridgehead atoms. The summed E-state index contributed by atoms with van der Waals surface area (Å²) in [7, 11) is 0. The number of rotatable bonds is 6. The van der Waals surface area contributed by atoms with Crippen LogP contribution in [0.5, 0.6) is 0 Å². The van der Waals surface area contributed by atoms with E-state index in [1.54, 1.807) is 28.8 Å². The number of benzene rings is 2. The van der Waals surface area contributed by atoms with Crippen molar-refractivity contribution in [2.24, 2.45) is 0 Å². The highest BCUT2D eigenvalue weighted by Gasteiger charge is 2.29. The normalized spacial score (nSPS) is 14.0. The van der Waals surface area contributed by atoms with Crippen LogP contribution in [0.3, 0.4) is 0 Å². The largest absolute Gasteiger partial charge is 0.320 e. The van der Waals surface area contributed by atoms with Crippen LogP contribution in [0.15, 0.2) is 69.9 Å². The van der Waals surface area contributed by atoms with Crippen LogP contribution >= 0.6 is 23.1 Å². The summed E-state index contributed by atoms with van der Waals surface area (Å²) in [6.45, 7) is -2.71. The van der Waals surface area contributed by atoms with Crippen molar-refractivity contribution >= 4 is 44.3 Å². The fraction of sp³-hybridized carbons (Fsp3) is 0.208. The first-order chi connectivity index (χ1) is 16.1. The quantitative estimate of drug-likeness (QED) is 0.210. The van der Waals surface area contributed by atoms with Gasteiger partial charge in [-0.05, 0) is 54.0 Å². The molecule has 5 aromatic rings. The SMILES string of the molecule is O=c1c2c(C3CC3)csc2nc(SCc2nc3ccccc3n2C(F)F)n1-c1ccccc1. The van der Waals surface area contributed by atoms with E-state index in [0.29, 0.717) is 38.0 Å². The van der Waals surface area contributed by atoms with E-state index in [2.05, 4.69) is 4.98 Å². The Bertz CT molecular complexity index is 1540. The van der Waals surface area contributed by atoms with Gasteiger partial charge in [0.2, 0.25) is 0 Å². The Hall–Kier alpha value is -3.04. The first kappa shape index (κ1) is 20.6. The fourth-order valence-electron chi connectivity index (χ4n) is 4.13. The number of para-hydroxylation sites is 3. The Morgan fingerprint density at radius 1 is 1.06 bits per heavy atom. The lowest BCUT2D eigenvalue weighted by Crippen LogP contribution is -2.22. The molecular formula is C24H18F2N4OS2. The van der Waals surface area contributed by atoms with E-state index in [4.69, 9.17) is 4.98 Å². The predicted molar refractivity (Wildman–Crippen MR) is 128 cm³/mol. The van der Waals surface area contributed by atoms with Crippen LogP contribution in [0.25, 0.3) is 26.9 Å². The maximum Gasteiger partial charge on any atom is 0.320 e. The second-order valence-corrected chi connectivity index (χ2v) is 9.77. The minimum atomic E-state index is -2.71. The molecule has 0 radical (unpaired) electrons. The van der Waals surface area contributed by atoms with E-state index in [9.17, 15) is 13.6 Å².